The molecule has 26 heavy (non-hydrogen) atoms. The first kappa shape index (κ1) is 22.7. The number of hydrogen-bond acceptors (Lipinski definition) is 5. The minimum Gasteiger partial charge on any atom is -0.497 e. The topological polar surface area (TPSA) is 79.0 Å². The normalized spacial score (nSPS) is 16.2. The van der Waals surface area contributed by atoms with Crippen LogP contribution in [0.4, 0.5) is 0 Å². The molecule has 1 aliphatic rings. The number of rotatable bonds is 7. The number of halogens is 1. The molecule has 0 spiro atoms. The van der Waals surface area contributed by atoms with E-state index in [-0.39, 0.29) is 29.1 Å². The van der Waals surface area contributed by atoms with Gasteiger partial charge in [-0.05, 0) is 24.3 Å². The summed E-state index contributed by atoms with van der Waals surface area (Å²) in [5.74, 6) is 0.652. The Bertz CT molecular complexity index is 672. The van der Waals surface area contributed by atoms with Gasteiger partial charge in [0.05, 0.1) is 12.0 Å². The van der Waals surface area contributed by atoms with Crippen molar-refractivity contribution in [1.82, 2.24) is 14.5 Å². The lowest BCUT2D eigenvalue weighted by atomic mass is 10.2. The van der Waals surface area contributed by atoms with Crippen molar-refractivity contribution in [3.63, 3.8) is 0 Å². The van der Waals surface area contributed by atoms with Crippen molar-refractivity contribution in [2.45, 2.75) is 18.7 Å². The number of methoxy groups -OCH3 is 1. The van der Waals surface area contributed by atoms with Gasteiger partial charge in [-0.2, -0.15) is 4.31 Å². The predicted molar refractivity (Wildman–Crippen MR) is 103 cm³/mol. The number of hydrogen-bond donors (Lipinski definition) is 1. The van der Waals surface area contributed by atoms with E-state index in [0.717, 1.165) is 6.54 Å². The second-order valence-electron chi connectivity index (χ2n) is 6.37. The number of carbonyl (C=O) groups excluding carboxylic acids is 1. The Hall–Kier alpha value is -1.35. The van der Waals surface area contributed by atoms with E-state index < -0.39 is 10.0 Å². The molecule has 2 rings (SSSR count). The molecule has 0 bridgehead atoms. The first-order valence-corrected chi connectivity index (χ1v) is 9.93. The highest BCUT2D eigenvalue weighted by Crippen LogP contribution is 2.20. The van der Waals surface area contributed by atoms with Crippen LogP contribution in [-0.2, 0) is 14.8 Å². The van der Waals surface area contributed by atoms with Gasteiger partial charge in [0.2, 0.25) is 15.9 Å². The Kier molecular flexibility index (Phi) is 8.82. The van der Waals surface area contributed by atoms with Crippen LogP contribution < -0.4 is 10.1 Å². The van der Waals surface area contributed by atoms with Crippen LogP contribution >= 0.6 is 12.4 Å². The average molecular weight is 406 g/mol. The van der Waals surface area contributed by atoms with E-state index in [1.807, 2.05) is 13.8 Å². The van der Waals surface area contributed by atoms with E-state index >= 15 is 0 Å². The summed E-state index contributed by atoms with van der Waals surface area (Å²) in [6.45, 7) is 7.26. The maximum absolute atomic E-state index is 12.7. The third kappa shape index (κ3) is 5.84. The second kappa shape index (κ2) is 10.1. The fourth-order valence-corrected chi connectivity index (χ4v) is 4.05. The summed E-state index contributed by atoms with van der Waals surface area (Å²) < 4.78 is 31.9. The maximum atomic E-state index is 12.7. The Morgan fingerprint density at radius 2 is 1.73 bits per heavy atom. The number of nitrogens with zero attached hydrogens (tertiary/aromatic N) is 2. The van der Waals surface area contributed by atoms with Crippen LogP contribution in [0.5, 0.6) is 5.75 Å². The number of ether oxygens (including phenoxy) is 1. The fourth-order valence-electron chi connectivity index (χ4n) is 2.63. The summed E-state index contributed by atoms with van der Waals surface area (Å²) in [6, 6.07) is 6.45. The third-order valence-corrected chi connectivity index (χ3v) is 6.19. The first-order chi connectivity index (χ1) is 11.8. The first-order valence-electron chi connectivity index (χ1n) is 8.49. The van der Waals surface area contributed by atoms with E-state index in [0.29, 0.717) is 38.5 Å². The van der Waals surface area contributed by atoms with Crippen molar-refractivity contribution in [3.8, 4) is 5.75 Å². The van der Waals surface area contributed by atoms with E-state index in [9.17, 15) is 13.2 Å². The highest BCUT2D eigenvalue weighted by atomic mass is 35.5. The molecular weight excluding hydrogens is 378 g/mol. The average Bonchev–Trinajstić information content (AvgIpc) is 2.62. The van der Waals surface area contributed by atoms with E-state index in [1.165, 1.54) is 4.31 Å². The van der Waals surface area contributed by atoms with E-state index in [4.69, 9.17) is 4.74 Å². The minimum absolute atomic E-state index is 0. The van der Waals surface area contributed by atoms with E-state index in [2.05, 4.69) is 10.2 Å². The van der Waals surface area contributed by atoms with Gasteiger partial charge in [-0.1, -0.05) is 13.8 Å². The summed E-state index contributed by atoms with van der Waals surface area (Å²) in [6.07, 6.45) is 0. The number of amides is 1. The zero-order chi connectivity index (χ0) is 18.4. The highest BCUT2D eigenvalue weighted by Gasteiger charge is 2.28. The van der Waals surface area contributed by atoms with Crippen molar-refractivity contribution in [2.75, 3.05) is 46.4 Å². The predicted octanol–water partition coefficient (Wildman–Crippen LogP) is 1.20. The molecule has 7 nitrogen and oxygen atoms in total. The fraction of sp³-hybridized carbons (Fsp3) is 0.588. The molecule has 1 saturated heterocycles. The monoisotopic (exact) mass is 405 g/mol. The maximum Gasteiger partial charge on any atom is 0.243 e. The molecule has 0 saturated carbocycles. The molecule has 0 radical (unpaired) electrons. The lowest BCUT2D eigenvalue weighted by molar-refractivity contribution is -0.124. The van der Waals surface area contributed by atoms with Crippen LogP contribution in [0.3, 0.4) is 0 Å². The number of sulfonamides is 1. The lowest BCUT2D eigenvalue weighted by Crippen LogP contribution is -2.50. The van der Waals surface area contributed by atoms with Crippen LogP contribution in [-0.4, -0.2) is 69.9 Å². The van der Waals surface area contributed by atoms with Gasteiger partial charge in [0.15, 0.2) is 0 Å². The van der Waals surface area contributed by atoms with Gasteiger partial charge in [0.1, 0.15) is 5.75 Å². The van der Waals surface area contributed by atoms with Crippen LogP contribution in [0.25, 0.3) is 0 Å². The molecule has 1 aliphatic heterocycles. The Balaban J connectivity index is 0.00000338. The highest BCUT2D eigenvalue weighted by molar-refractivity contribution is 7.89. The van der Waals surface area contributed by atoms with Gasteiger partial charge in [-0.25, -0.2) is 8.42 Å². The van der Waals surface area contributed by atoms with Crippen LogP contribution in [0.2, 0.25) is 0 Å². The molecule has 1 fully saturated rings. The molecule has 1 amide bonds. The Labute approximate surface area is 162 Å². The summed E-state index contributed by atoms with van der Waals surface area (Å²) in [5, 5.41) is 2.88. The van der Waals surface area contributed by atoms with Gasteiger partial charge >= 0.3 is 0 Å². The zero-order valence-corrected chi connectivity index (χ0v) is 17.1. The smallest absolute Gasteiger partial charge is 0.243 e. The molecule has 9 heteroatoms. The molecule has 0 aromatic heterocycles. The lowest BCUT2D eigenvalue weighted by Gasteiger charge is -2.34. The second-order valence-corrected chi connectivity index (χ2v) is 8.30. The van der Waals surface area contributed by atoms with Crippen molar-refractivity contribution in [2.24, 2.45) is 5.92 Å². The standard InChI is InChI=1S/C17H27N3O4S.ClH/c1-14(2)17(21)18-8-9-19-10-12-20(13-11-19)25(22,23)16-6-4-15(24-3)5-7-16;/h4-7,14H,8-13H2,1-3H3,(H,18,21);1H. The number of piperazine rings is 1. The van der Waals surface area contributed by atoms with Gasteiger partial charge in [0.25, 0.3) is 0 Å². The number of nitrogens with one attached hydrogen (secondary N) is 1. The Morgan fingerprint density at radius 1 is 1.15 bits per heavy atom. The molecular formula is C17H28ClN3O4S. The largest absolute Gasteiger partial charge is 0.497 e. The molecule has 1 N–H and O–H groups in total. The molecule has 0 unspecified atom stereocenters. The van der Waals surface area contributed by atoms with Crippen LogP contribution in [0, 0.1) is 5.92 Å². The van der Waals surface area contributed by atoms with Crippen LogP contribution in [0.1, 0.15) is 13.8 Å². The summed E-state index contributed by atoms with van der Waals surface area (Å²) >= 11 is 0. The van der Waals surface area contributed by atoms with Gasteiger partial charge in [-0.15, -0.1) is 12.4 Å². The quantitative estimate of drug-likeness (QED) is 0.737. The SMILES string of the molecule is COc1ccc(S(=O)(=O)N2CCN(CCNC(=O)C(C)C)CC2)cc1.Cl. The van der Waals surface area contributed by atoms with Gasteiger partial charge in [0, 0.05) is 45.2 Å². The van der Waals surface area contributed by atoms with Crippen molar-refractivity contribution in [3.05, 3.63) is 24.3 Å². The van der Waals surface area contributed by atoms with Crippen molar-refractivity contribution >= 4 is 28.3 Å². The van der Waals surface area contributed by atoms with Crippen molar-refractivity contribution in [1.29, 1.82) is 0 Å². The molecule has 1 aromatic carbocycles. The summed E-state index contributed by atoms with van der Waals surface area (Å²) in [7, 11) is -1.93. The summed E-state index contributed by atoms with van der Waals surface area (Å²) in [5.41, 5.74) is 0. The molecule has 0 atom stereocenters. The summed E-state index contributed by atoms with van der Waals surface area (Å²) in [4.78, 5) is 14.0. The molecule has 1 aromatic rings. The molecule has 1 heterocycles. The third-order valence-electron chi connectivity index (χ3n) is 4.28. The van der Waals surface area contributed by atoms with Crippen LogP contribution in [0.15, 0.2) is 29.2 Å². The molecule has 148 valence electrons. The van der Waals surface area contributed by atoms with E-state index in [1.54, 1.807) is 31.4 Å². The van der Waals surface area contributed by atoms with Crippen molar-refractivity contribution < 1.29 is 17.9 Å². The minimum atomic E-state index is -3.47. The number of benzene rings is 1. The number of carbonyl (C=O) groups is 1. The molecule has 0 aliphatic carbocycles. The van der Waals surface area contributed by atoms with Gasteiger partial charge < -0.3 is 10.1 Å². The Morgan fingerprint density at radius 3 is 2.23 bits per heavy atom. The zero-order valence-electron chi connectivity index (χ0n) is 15.5. The van der Waals surface area contributed by atoms with Gasteiger partial charge in [-0.3, -0.25) is 9.69 Å².